The van der Waals surface area contributed by atoms with Gasteiger partial charge in [0.2, 0.25) is 0 Å². The third kappa shape index (κ3) is 58.1. The molecule has 0 aliphatic heterocycles. The molecule has 0 fully saturated rings. The second-order valence-corrected chi connectivity index (χ2v) is 12.1. The summed E-state index contributed by atoms with van der Waals surface area (Å²) >= 11 is 1.28. The molecule has 6 rings (SSSR count). The van der Waals surface area contributed by atoms with Gasteiger partial charge in [0.05, 0.1) is 10.9 Å². The maximum absolute atomic E-state index is 2.27. The molecule has 0 atom stereocenters. The molecule has 0 aliphatic rings. The first kappa shape index (κ1) is 85.4. The van der Waals surface area contributed by atoms with Crippen molar-refractivity contribution in [2.45, 2.75) is 200 Å². The van der Waals surface area contributed by atoms with Gasteiger partial charge in [0, 0.05) is 11.8 Å². The van der Waals surface area contributed by atoms with Crippen molar-refractivity contribution in [3.05, 3.63) is 182 Å². The highest BCUT2D eigenvalue weighted by Crippen LogP contribution is 2.20. The third-order valence-electron chi connectivity index (χ3n) is 5.90. The Hall–Kier alpha value is -3.92. The van der Waals surface area contributed by atoms with Crippen LogP contribution in [0, 0.1) is 0 Å². The molecule has 0 amide bonds. The number of benzene rings is 6. The van der Waals surface area contributed by atoms with E-state index >= 15 is 0 Å². The maximum atomic E-state index is 2.27. The van der Waals surface area contributed by atoms with Crippen LogP contribution in [0.2, 0.25) is 0 Å². The molecule has 0 nitrogen and oxygen atoms in total. The van der Waals surface area contributed by atoms with Crippen molar-refractivity contribution in [2.24, 2.45) is 0 Å². The molecule has 0 spiro atoms. The quantitative estimate of drug-likeness (QED) is 0.0887. The van der Waals surface area contributed by atoms with Crippen molar-refractivity contribution in [2.75, 3.05) is 6.26 Å². The van der Waals surface area contributed by atoms with Gasteiger partial charge in [-0.05, 0) is 48.5 Å². The molecule has 6 aromatic carbocycles. The van der Waals surface area contributed by atoms with E-state index in [1.807, 2.05) is 204 Å². The van der Waals surface area contributed by atoms with Crippen LogP contribution in [0.15, 0.2) is 202 Å². The zero-order chi connectivity index (χ0) is 53.7. The van der Waals surface area contributed by atoms with E-state index in [9.17, 15) is 0 Å². The Labute approximate surface area is 426 Å². The third-order valence-corrected chi connectivity index (χ3v) is 8.97. The summed E-state index contributed by atoms with van der Waals surface area (Å²) in [6, 6.07) is 62.9. The summed E-state index contributed by atoms with van der Waals surface area (Å²) in [5.41, 5.74) is 2.49. The fraction of sp³-hybridized carbons (Fsp3) is 0.429. The van der Waals surface area contributed by atoms with Gasteiger partial charge in [0.15, 0.2) is 26.9 Å². The Morgan fingerprint density at radius 2 is 0.409 bits per heavy atom. The summed E-state index contributed by atoms with van der Waals surface area (Å²) in [5, 5.41) is 0. The van der Waals surface area contributed by atoms with E-state index in [0.29, 0.717) is 0 Å². The van der Waals surface area contributed by atoms with Crippen LogP contribution < -0.4 is 10.9 Å². The van der Waals surface area contributed by atoms with E-state index < -0.39 is 0 Å². The van der Waals surface area contributed by atoms with Crippen molar-refractivity contribution < 1.29 is 0 Å². The molecule has 377 valence electrons. The fourth-order valence-electron chi connectivity index (χ4n) is 3.83. The molecule has 0 saturated heterocycles. The van der Waals surface area contributed by atoms with Gasteiger partial charge in [0.1, 0.15) is 6.26 Å². The minimum Gasteiger partial charge on any atom is -0.0814 e. The first-order valence-corrected chi connectivity index (χ1v) is 28.8. The van der Waals surface area contributed by atoms with Crippen LogP contribution in [0.1, 0.15) is 180 Å². The minimum atomic E-state index is 0.203. The smallest absolute Gasteiger partial charge is 0.0814 e. The van der Waals surface area contributed by atoms with Gasteiger partial charge < -0.3 is 0 Å². The SMILES string of the molecule is CC.CC.CC.CC.CC.CC.CC.CC.CC.CC.CC.CC.CC.C[S+](c1ccccc1)c1ccccc1.[B](c1ccccc1)c1ccccc1.c1ccc([SH+]c2ccccc2)cc1. The zero-order valence-electron chi connectivity index (χ0n) is 48.8. The van der Waals surface area contributed by atoms with Gasteiger partial charge in [-0.2, -0.15) is 0 Å². The maximum Gasteiger partial charge on any atom is 0.191 e. The van der Waals surface area contributed by atoms with Crippen LogP contribution in [0.4, 0.5) is 0 Å². The Balaban J connectivity index is -0.0000000714. The summed E-state index contributed by atoms with van der Waals surface area (Å²) in [4.78, 5) is 5.49. The Morgan fingerprint density at radius 1 is 0.242 bits per heavy atom. The van der Waals surface area contributed by atoms with Crippen molar-refractivity contribution >= 4 is 40.9 Å². The molecule has 0 unspecified atom stereocenters. The van der Waals surface area contributed by atoms with E-state index in [0.717, 1.165) is 0 Å². The standard InChI is InChI=1S/C13H13S.C12H10B.C12H10S.13C2H6/c1-14(12-8-4-2-5-9-12)13-10-6-3-7-11-13;2*1-3-7-11(8-4-1)13-12-9-5-2-6-10-12;13*1-2/h2-11H,1H3;2*1-10H;13*1-2H3/q+1;;;;;;;;;;;;;;;/p+1. The monoisotopic (exact) mass is 944 g/mol. The summed E-state index contributed by atoms with van der Waals surface area (Å²) < 4.78 is 0. The van der Waals surface area contributed by atoms with E-state index in [1.54, 1.807) is 0 Å². The van der Waals surface area contributed by atoms with Crippen LogP contribution in [0.5, 0.6) is 0 Å². The number of rotatable bonds is 6. The van der Waals surface area contributed by atoms with Crippen molar-refractivity contribution in [3.8, 4) is 0 Å². The lowest BCUT2D eigenvalue weighted by molar-refractivity contribution is 1.38. The van der Waals surface area contributed by atoms with Gasteiger partial charge >= 0.3 is 0 Å². The lowest BCUT2D eigenvalue weighted by Crippen LogP contribution is -2.26. The number of hydrogen-bond donors (Lipinski definition) is 0. The lowest BCUT2D eigenvalue weighted by Gasteiger charge is -2.00. The fourth-order valence-corrected chi connectivity index (χ4v) is 6.17. The van der Waals surface area contributed by atoms with Gasteiger partial charge in [-0.1, -0.05) is 324 Å². The summed E-state index contributed by atoms with van der Waals surface area (Å²) in [7, 11) is 2.37. The van der Waals surface area contributed by atoms with Gasteiger partial charge in [-0.3, -0.25) is 0 Å². The number of thiol groups is 1. The molecular formula is C63H112BS2+2. The van der Waals surface area contributed by atoms with Crippen LogP contribution in [0.25, 0.3) is 0 Å². The second kappa shape index (κ2) is 91.5. The molecule has 0 bridgehead atoms. The normalized spacial score (nSPS) is 7.21. The zero-order valence-corrected chi connectivity index (χ0v) is 50.5. The Bertz CT molecular complexity index is 1270. The summed E-state index contributed by atoms with van der Waals surface area (Å²) in [6.07, 6.45) is 2.27. The molecule has 1 radical (unpaired) electrons. The van der Waals surface area contributed by atoms with Crippen LogP contribution in [-0.2, 0) is 22.7 Å². The molecule has 0 saturated carbocycles. The van der Waals surface area contributed by atoms with Crippen LogP contribution >= 0.6 is 0 Å². The molecule has 0 heterocycles. The van der Waals surface area contributed by atoms with Crippen molar-refractivity contribution in [1.82, 2.24) is 0 Å². The average Bonchev–Trinajstić information content (AvgIpc) is 3.47. The molecule has 0 N–H and O–H groups in total. The van der Waals surface area contributed by atoms with Gasteiger partial charge in [-0.25, -0.2) is 0 Å². The predicted molar refractivity (Wildman–Crippen MR) is 326 cm³/mol. The number of hydrogen-bond acceptors (Lipinski definition) is 0. The Morgan fingerprint density at radius 3 is 0.606 bits per heavy atom. The highest BCUT2D eigenvalue weighted by atomic mass is 32.2. The van der Waals surface area contributed by atoms with Crippen molar-refractivity contribution in [3.63, 3.8) is 0 Å². The summed E-state index contributed by atoms with van der Waals surface area (Å²) in [5.74, 6) is 0. The predicted octanol–water partition coefficient (Wildman–Crippen LogP) is 21.0. The second-order valence-electron chi connectivity index (χ2n) is 8.89. The molecule has 6 aromatic rings. The van der Waals surface area contributed by atoms with E-state index in [2.05, 4.69) is 171 Å². The van der Waals surface area contributed by atoms with Crippen molar-refractivity contribution in [1.29, 1.82) is 0 Å². The average molecular weight is 945 g/mol. The van der Waals surface area contributed by atoms with Gasteiger partial charge in [-0.15, -0.1) is 0 Å². The van der Waals surface area contributed by atoms with E-state index in [4.69, 9.17) is 0 Å². The summed E-state index contributed by atoms with van der Waals surface area (Å²) in [6.45, 7) is 52.0. The molecular weight excluding hydrogens is 832 g/mol. The molecule has 0 aliphatic carbocycles. The van der Waals surface area contributed by atoms with Crippen LogP contribution in [0.3, 0.4) is 0 Å². The topological polar surface area (TPSA) is 0 Å². The first-order chi connectivity index (χ1) is 32.8. The van der Waals surface area contributed by atoms with E-state index in [-0.39, 0.29) is 10.9 Å². The van der Waals surface area contributed by atoms with Gasteiger partial charge in [0.25, 0.3) is 0 Å². The molecule has 3 heteroatoms. The molecule has 0 aromatic heterocycles. The Kier molecular flexibility index (Phi) is 118. The minimum absolute atomic E-state index is 0.203. The lowest BCUT2D eigenvalue weighted by atomic mass is 9.64. The highest BCUT2D eigenvalue weighted by molar-refractivity contribution is 7.96. The molecule has 66 heavy (non-hydrogen) atoms. The first-order valence-electron chi connectivity index (χ1n) is 26.3. The largest absolute Gasteiger partial charge is 0.191 e. The van der Waals surface area contributed by atoms with Crippen LogP contribution in [-0.4, -0.2) is 13.5 Å². The highest BCUT2D eigenvalue weighted by Gasteiger charge is 2.17. The van der Waals surface area contributed by atoms with E-state index in [1.165, 1.54) is 42.3 Å².